The van der Waals surface area contributed by atoms with Crippen LogP contribution in [-0.4, -0.2) is 29.3 Å². The largest absolute Gasteiger partial charge is 0.398 e. The molecule has 0 unspecified atom stereocenters. The van der Waals surface area contributed by atoms with Crippen molar-refractivity contribution in [2.24, 2.45) is 0 Å². The number of halogens is 1. The number of aromatic nitrogens is 2. The van der Waals surface area contributed by atoms with Crippen LogP contribution in [0.15, 0.2) is 24.4 Å². The van der Waals surface area contributed by atoms with Gasteiger partial charge in [0.25, 0.3) is 0 Å². The van der Waals surface area contributed by atoms with Crippen molar-refractivity contribution in [3.8, 4) is 0 Å². The first-order valence-electron chi connectivity index (χ1n) is 6.15. The van der Waals surface area contributed by atoms with Crippen molar-refractivity contribution in [3.05, 3.63) is 46.2 Å². The summed E-state index contributed by atoms with van der Waals surface area (Å²) in [5.74, 6) is -0.199. The molecular weight excluding hydrogens is 278 g/mol. The van der Waals surface area contributed by atoms with E-state index in [4.69, 9.17) is 22.1 Å². The lowest BCUT2D eigenvalue weighted by atomic mass is 10.0. The number of hydrogen-bond donors (Lipinski definition) is 1. The third kappa shape index (κ3) is 2.84. The first-order valence-corrected chi connectivity index (χ1v) is 6.53. The monoisotopic (exact) mass is 293 g/mol. The third-order valence-electron chi connectivity index (χ3n) is 3.06. The summed E-state index contributed by atoms with van der Waals surface area (Å²) in [5, 5.41) is 4.42. The molecule has 0 amide bonds. The van der Waals surface area contributed by atoms with E-state index in [1.54, 1.807) is 23.9 Å². The summed E-state index contributed by atoms with van der Waals surface area (Å²) in [6.07, 6.45) is 1.46. The molecule has 0 spiro atoms. The second kappa shape index (κ2) is 6.07. The summed E-state index contributed by atoms with van der Waals surface area (Å²) in [6.45, 7) is 2.80. The van der Waals surface area contributed by atoms with Crippen LogP contribution in [-0.2, 0) is 11.3 Å². The number of ether oxygens (including phenoxy) is 1. The number of nitrogen functional groups attached to an aromatic ring is 1. The lowest BCUT2D eigenvalue weighted by Gasteiger charge is -2.08. The predicted octanol–water partition coefficient (Wildman–Crippen LogP) is 2.30. The van der Waals surface area contributed by atoms with Crippen molar-refractivity contribution in [2.45, 2.75) is 13.5 Å². The maximum Gasteiger partial charge on any atom is 0.212 e. The van der Waals surface area contributed by atoms with E-state index < -0.39 is 0 Å². The zero-order valence-corrected chi connectivity index (χ0v) is 12.1. The number of carbonyl (C=O) groups excluding carboxylic acids is 1. The smallest absolute Gasteiger partial charge is 0.212 e. The van der Waals surface area contributed by atoms with E-state index in [2.05, 4.69) is 5.10 Å². The van der Waals surface area contributed by atoms with Crippen LogP contribution in [0.4, 0.5) is 5.69 Å². The Hall–Kier alpha value is -1.85. The maximum atomic E-state index is 12.5. The quantitative estimate of drug-likeness (QED) is 0.678. The standard InChI is InChI=1S/C14H16ClN3O2/c1-9-3-4-10(7-12(9)16)14(19)13-11(15)8-17-18(13)5-6-20-2/h3-4,7-8H,5-6,16H2,1-2H3. The number of ketones is 1. The van der Waals surface area contributed by atoms with Gasteiger partial charge in [0, 0.05) is 18.4 Å². The molecule has 1 heterocycles. The van der Waals surface area contributed by atoms with Gasteiger partial charge in [0.2, 0.25) is 5.78 Å². The summed E-state index contributed by atoms with van der Waals surface area (Å²) in [6, 6.07) is 5.20. The molecule has 1 aromatic heterocycles. The van der Waals surface area contributed by atoms with Crippen LogP contribution in [0.3, 0.4) is 0 Å². The minimum atomic E-state index is -0.199. The number of nitrogens with zero attached hydrogens (tertiary/aromatic N) is 2. The lowest BCUT2D eigenvalue weighted by molar-refractivity contribution is 0.102. The Morgan fingerprint density at radius 1 is 1.50 bits per heavy atom. The Kier molecular flexibility index (Phi) is 4.42. The van der Waals surface area contributed by atoms with Crippen LogP contribution in [0.5, 0.6) is 0 Å². The molecule has 0 saturated carbocycles. The number of benzene rings is 1. The molecular formula is C14H16ClN3O2. The minimum Gasteiger partial charge on any atom is -0.398 e. The van der Waals surface area contributed by atoms with E-state index >= 15 is 0 Å². The Bertz CT molecular complexity index is 637. The molecule has 2 rings (SSSR count). The van der Waals surface area contributed by atoms with Gasteiger partial charge in [-0.05, 0) is 18.6 Å². The highest BCUT2D eigenvalue weighted by molar-refractivity contribution is 6.34. The van der Waals surface area contributed by atoms with E-state index in [-0.39, 0.29) is 5.78 Å². The molecule has 6 heteroatoms. The number of rotatable bonds is 5. The van der Waals surface area contributed by atoms with Crippen LogP contribution in [0.2, 0.25) is 5.02 Å². The Labute approximate surface area is 122 Å². The normalized spacial score (nSPS) is 10.8. The number of hydrogen-bond acceptors (Lipinski definition) is 4. The van der Waals surface area contributed by atoms with Gasteiger partial charge in [0.05, 0.1) is 24.4 Å². The van der Waals surface area contributed by atoms with E-state index in [0.29, 0.717) is 35.1 Å². The van der Waals surface area contributed by atoms with Gasteiger partial charge in [0.15, 0.2) is 0 Å². The van der Waals surface area contributed by atoms with Gasteiger partial charge < -0.3 is 10.5 Å². The Morgan fingerprint density at radius 2 is 2.25 bits per heavy atom. The Morgan fingerprint density at radius 3 is 2.90 bits per heavy atom. The third-order valence-corrected chi connectivity index (χ3v) is 3.34. The summed E-state index contributed by atoms with van der Waals surface area (Å²) >= 11 is 6.06. The van der Waals surface area contributed by atoms with Crippen LogP contribution in [0, 0.1) is 6.92 Å². The van der Waals surface area contributed by atoms with Gasteiger partial charge in [-0.1, -0.05) is 23.7 Å². The number of carbonyl (C=O) groups is 1. The predicted molar refractivity (Wildman–Crippen MR) is 78.1 cm³/mol. The molecule has 0 fully saturated rings. The molecule has 2 N–H and O–H groups in total. The zero-order chi connectivity index (χ0) is 14.7. The molecule has 0 radical (unpaired) electrons. The fourth-order valence-electron chi connectivity index (χ4n) is 1.85. The van der Waals surface area contributed by atoms with Crippen molar-refractivity contribution in [2.75, 3.05) is 19.5 Å². The van der Waals surface area contributed by atoms with Gasteiger partial charge in [-0.3, -0.25) is 9.48 Å². The topological polar surface area (TPSA) is 70.1 Å². The molecule has 0 aliphatic carbocycles. The zero-order valence-electron chi connectivity index (χ0n) is 11.4. The first-order chi connectivity index (χ1) is 9.54. The van der Waals surface area contributed by atoms with Gasteiger partial charge >= 0.3 is 0 Å². The SMILES string of the molecule is COCCn1ncc(Cl)c1C(=O)c1ccc(C)c(N)c1. The van der Waals surface area contributed by atoms with Crippen LogP contribution in [0.25, 0.3) is 0 Å². The summed E-state index contributed by atoms with van der Waals surface area (Å²) < 4.78 is 6.54. The molecule has 106 valence electrons. The molecule has 0 aliphatic rings. The van der Waals surface area contributed by atoms with Crippen LogP contribution < -0.4 is 5.73 Å². The highest BCUT2D eigenvalue weighted by Gasteiger charge is 2.19. The number of aryl methyl sites for hydroxylation is 1. The highest BCUT2D eigenvalue weighted by Crippen LogP contribution is 2.21. The molecule has 0 aliphatic heterocycles. The summed E-state index contributed by atoms with van der Waals surface area (Å²) in [4.78, 5) is 12.5. The van der Waals surface area contributed by atoms with Crippen molar-refractivity contribution in [1.82, 2.24) is 9.78 Å². The van der Waals surface area contributed by atoms with Crippen molar-refractivity contribution >= 4 is 23.1 Å². The van der Waals surface area contributed by atoms with Crippen LogP contribution in [0.1, 0.15) is 21.6 Å². The second-order valence-electron chi connectivity index (χ2n) is 4.46. The van der Waals surface area contributed by atoms with Crippen molar-refractivity contribution in [3.63, 3.8) is 0 Å². The number of methoxy groups -OCH3 is 1. The molecule has 5 nitrogen and oxygen atoms in total. The van der Waals surface area contributed by atoms with E-state index in [1.165, 1.54) is 6.20 Å². The van der Waals surface area contributed by atoms with Gasteiger partial charge in [-0.15, -0.1) is 0 Å². The van der Waals surface area contributed by atoms with E-state index in [1.807, 2.05) is 13.0 Å². The number of nitrogens with two attached hydrogens (primary N) is 1. The van der Waals surface area contributed by atoms with Crippen molar-refractivity contribution in [1.29, 1.82) is 0 Å². The first kappa shape index (κ1) is 14.6. The second-order valence-corrected chi connectivity index (χ2v) is 4.86. The highest BCUT2D eigenvalue weighted by atomic mass is 35.5. The molecule has 20 heavy (non-hydrogen) atoms. The van der Waals surface area contributed by atoms with Gasteiger partial charge in [-0.25, -0.2) is 0 Å². The molecule has 2 aromatic rings. The van der Waals surface area contributed by atoms with Gasteiger partial charge in [-0.2, -0.15) is 5.10 Å². The fraction of sp³-hybridized carbons (Fsp3) is 0.286. The minimum absolute atomic E-state index is 0.199. The Balaban J connectivity index is 2.37. The lowest BCUT2D eigenvalue weighted by Crippen LogP contribution is -2.15. The van der Waals surface area contributed by atoms with Crippen molar-refractivity contribution < 1.29 is 9.53 Å². The van der Waals surface area contributed by atoms with Crippen LogP contribution >= 0.6 is 11.6 Å². The average Bonchev–Trinajstić information content (AvgIpc) is 2.80. The van der Waals surface area contributed by atoms with E-state index in [9.17, 15) is 4.79 Å². The molecule has 0 atom stereocenters. The molecule has 1 aromatic carbocycles. The summed E-state index contributed by atoms with van der Waals surface area (Å²) in [5.41, 5.74) is 8.20. The van der Waals surface area contributed by atoms with Gasteiger partial charge in [0.1, 0.15) is 5.69 Å². The summed E-state index contributed by atoms with van der Waals surface area (Å²) in [7, 11) is 1.59. The van der Waals surface area contributed by atoms with E-state index in [0.717, 1.165) is 5.56 Å². The number of anilines is 1. The molecule has 0 bridgehead atoms. The maximum absolute atomic E-state index is 12.5. The average molecular weight is 294 g/mol. The molecule has 0 saturated heterocycles. The fourth-order valence-corrected chi connectivity index (χ4v) is 2.08.